The van der Waals surface area contributed by atoms with Crippen LogP contribution in [0.15, 0.2) is 24.3 Å². The van der Waals surface area contributed by atoms with Gasteiger partial charge in [0.2, 0.25) is 0 Å². The zero-order valence-corrected chi connectivity index (χ0v) is 9.72. The molecule has 1 aromatic carbocycles. The zero-order valence-electron chi connectivity index (χ0n) is 9.72. The minimum absolute atomic E-state index is 0.537. The van der Waals surface area contributed by atoms with Crippen molar-refractivity contribution in [1.82, 2.24) is 20.6 Å². The van der Waals surface area contributed by atoms with Crippen molar-refractivity contribution in [1.29, 1.82) is 0 Å². The summed E-state index contributed by atoms with van der Waals surface area (Å²) in [5, 5.41) is 14.2. The first-order valence-electron chi connectivity index (χ1n) is 5.84. The highest BCUT2D eigenvalue weighted by Gasteiger charge is 2.39. The van der Waals surface area contributed by atoms with E-state index in [1.165, 1.54) is 5.56 Å². The van der Waals surface area contributed by atoms with Crippen LogP contribution >= 0.6 is 0 Å². The molecule has 3 rings (SSSR count). The Morgan fingerprint density at radius 2 is 2.24 bits per heavy atom. The molecule has 5 nitrogen and oxygen atoms in total. The van der Waals surface area contributed by atoms with Gasteiger partial charge < -0.3 is 5.73 Å². The van der Waals surface area contributed by atoms with E-state index in [1.807, 2.05) is 6.07 Å². The third-order valence-electron chi connectivity index (χ3n) is 3.69. The highest BCUT2D eigenvalue weighted by atomic mass is 15.5. The summed E-state index contributed by atoms with van der Waals surface area (Å²) in [6.45, 7) is 2.23. The van der Waals surface area contributed by atoms with E-state index < -0.39 is 5.54 Å². The Labute approximate surface area is 99.4 Å². The first-order chi connectivity index (χ1) is 8.22. The Kier molecular flexibility index (Phi) is 2.22. The maximum absolute atomic E-state index is 6.51. The van der Waals surface area contributed by atoms with Gasteiger partial charge in [-0.25, -0.2) is 0 Å². The van der Waals surface area contributed by atoms with E-state index in [0.29, 0.717) is 11.7 Å². The number of rotatable bonds is 1. The van der Waals surface area contributed by atoms with Crippen molar-refractivity contribution in [3.8, 4) is 0 Å². The van der Waals surface area contributed by atoms with Gasteiger partial charge in [0.1, 0.15) is 5.54 Å². The second-order valence-corrected chi connectivity index (χ2v) is 4.73. The largest absolute Gasteiger partial charge is 0.315 e. The van der Waals surface area contributed by atoms with Gasteiger partial charge in [0.15, 0.2) is 5.82 Å². The lowest BCUT2D eigenvalue weighted by Gasteiger charge is -2.36. The smallest absolute Gasteiger partial charge is 0.198 e. The molecular weight excluding hydrogens is 214 g/mol. The molecule has 0 spiro atoms. The quantitative estimate of drug-likeness (QED) is 0.772. The standard InChI is InChI=1S/C12H15N5/c1-8-6-7-12(13,11-14-16-17-15-11)10-5-3-2-4-9(8)10/h2-5,8H,6-7,13H2,1H3,(H,14,15,16,17). The normalized spacial score (nSPS) is 27.8. The van der Waals surface area contributed by atoms with Gasteiger partial charge in [-0.1, -0.05) is 36.4 Å². The van der Waals surface area contributed by atoms with Crippen molar-refractivity contribution in [2.75, 3.05) is 0 Å². The molecule has 1 aromatic heterocycles. The fourth-order valence-electron chi connectivity index (χ4n) is 2.65. The lowest BCUT2D eigenvalue weighted by molar-refractivity contribution is 0.393. The van der Waals surface area contributed by atoms with Crippen LogP contribution in [0, 0.1) is 0 Å². The van der Waals surface area contributed by atoms with E-state index in [0.717, 1.165) is 18.4 Å². The topological polar surface area (TPSA) is 80.5 Å². The van der Waals surface area contributed by atoms with Crippen LogP contribution in [-0.4, -0.2) is 20.6 Å². The second kappa shape index (κ2) is 3.63. The van der Waals surface area contributed by atoms with E-state index in [2.05, 4.69) is 45.7 Å². The number of nitrogens with two attached hydrogens (primary N) is 1. The highest BCUT2D eigenvalue weighted by molar-refractivity contribution is 5.42. The van der Waals surface area contributed by atoms with E-state index in [4.69, 9.17) is 5.73 Å². The number of tetrazole rings is 1. The van der Waals surface area contributed by atoms with Gasteiger partial charge in [-0.3, -0.25) is 0 Å². The maximum Gasteiger partial charge on any atom is 0.198 e. The van der Waals surface area contributed by atoms with E-state index in [1.54, 1.807) is 0 Å². The predicted molar refractivity (Wildman–Crippen MR) is 63.2 cm³/mol. The lowest BCUT2D eigenvalue weighted by atomic mass is 9.72. The van der Waals surface area contributed by atoms with Gasteiger partial charge in [0.25, 0.3) is 0 Å². The summed E-state index contributed by atoms with van der Waals surface area (Å²) >= 11 is 0. The fraction of sp³-hybridized carbons (Fsp3) is 0.417. The fourth-order valence-corrected chi connectivity index (χ4v) is 2.65. The van der Waals surface area contributed by atoms with Crippen molar-refractivity contribution in [2.24, 2.45) is 5.73 Å². The van der Waals surface area contributed by atoms with Crippen molar-refractivity contribution in [3.05, 3.63) is 41.2 Å². The summed E-state index contributed by atoms with van der Waals surface area (Å²) in [5.41, 5.74) is 8.33. The summed E-state index contributed by atoms with van der Waals surface area (Å²) < 4.78 is 0. The Hall–Kier alpha value is -1.75. The van der Waals surface area contributed by atoms with Crippen LogP contribution in [0.5, 0.6) is 0 Å². The number of benzene rings is 1. The van der Waals surface area contributed by atoms with Crippen LogP contribution in [0.3, 0.4) is 0 Å². The van der Waals surface area contributed by atoms with Gasteiger partial charge in [-0.05, 0) is 29.9 Å². The Morgan fingerprint density at radius 1 is 1.41 bits per heavy atom. The second-order valence-electron chi connectivity index (χ2n) is 4.73. The van der Waals surface area contributed by atoms with Gasteiger partial charge in [-0.2, -0.15) is 5.21 Å². The number of fused-ring (bicyclic) bond motifs is 1. The van der Waals surface area contributed by atoms with Crippen molar-refractivity contribution < 1.29 is 0 Å². The minimum atomic E-state index is -0.601. The number of hydrogen-bond donors (Lipinski definition) is 2. The van der Waals surface area contributed by atoms with Gasteiger partial charge in [0.05, 0.1) is 0 Å². The average molecular weight is 229 g/mol. The van der Waals surface area contributed by atoms with Crippen LogP contribution in [0.4, 0.5) is 0 Å². The third-order valence-corrected chi connectivity index (χ3v) is 3.69. The van der Waals surface area contributed by atoms with Crippen LogP contribution < -0.4 is 5.73 Å². The molecule has 5 heteroatoms. The summed E-state index contributed by atoms with van der Waals surface area (Å²) in [6.07, 6.45) is 1.90. The maximum atomic E-state index is 6.51. The predicted octanol–water partition coefficient (Wildman–Crippen LogP) is 1.30. The molecule has 0 saturated heterocycles. The molecule has 88 valence electrons. The molecule has 1 heterocycles. The SMILES string of the molecule is CC1CCC(N)(c2nn[nH]n2)c2ccccc21. The minimum Gasteiger partial charge on any atom is -0.315 e. The molecule has 1 aliphatic rings. The number of aromatic nitrogens is 4. The third kappa shape index (κ3) is 1.46. The van der Waals surface area contributed by atoms with E-state index in [9.17, 15) is 0 Å². The molecule has 17 heavy (non-hydrogen) atoms. The molecule has 0 saturated carbocycles. The summed E-state index contributed by atoms with van der Waals surface area (Å²) in [7, 11) is 0. The molecule has 2 atom stereocenters. The van der Waals surface area contributed by atoms with Gasteiger partial charge >= 0.3 is 0 Å². The number of nitrogens with zero attached hydrogens (tertiary/aromatic N) is 3. The first-order valence-corrected chi connectivity index (χ1v) is 5.84. The van der Waals surface area contributed by atoms with Crippen LogP contribution in [0.2, 0.25) is 0 Å². The Balaban J connectivity index is 2.18. The number of H-pyrrole nitrogens is 1. The Morgan fingerprint density at radius 3 is 3.00 bits per heavy atom. The molecule has 3 N–H and O–H groups in total. The number of hydrogen-bond acceptors (Lipinski definition) is 4. The van der Waals surface area contributed by atoms with Crippen LogP contribution in [-0.2, 0) is 5.54 Å². The molecule has 0 fully saturated rings. The summed E-state index contributed by atoms with van der Waals surface area (Å²) in [6, 6.07) is 8.28. The van der Waals surface area contributed by atoms with Gasteiger partial charge in [-0.15, -0.1) is 10.2 Å². The molecule has 1 aliphatic carbocycles. The Bertz CT molecular complexity index is 521. The molecule has 2 unspecified atom stereocenters. The van der Waals surface area contributed by atoms with E-state index >= 15 is 0 Å². The molecule has 0 bridgehead atoms. The highest BCUT2D eigenvalue weighted by Crippen LogP contribution is 2.41. The molecular formula is C12H15N5. The molecule has 0 radical (unpaired) electrons. The molecule has 0 amide bonds. The summed E-state index contributed by atoms with van der Waals surface area (Å²) in [5.74, 6) is 1.12. The van der Waals surface area contributed by atoms with Gasteiger partial charge in [0, 0.05) is 0 Å². The van der Waals surface area contributed by atoms with Crippen LogP contribution in [0.1, 0.15) is 42.6 Å². The number of nitrogens with one attached hydrogen (secondary N) is 1. The monoisotopic (exact) mass is 229 g/mol. The lowest BCUT2D eigenvalue weighted by Crippen LogP contribution is -2.42. The molecule has 0 aliphatic heterocycles. The van der Waals surface area contributed by atoms with Crippen molar-refractivity contribution >= 4 is 0 Å². The van der Waals surface area contributed by atoms with Crippen molar-refractivity contribution in [3.63, 3.8) is 0 Å². The summed E-state index contributed by atoms with van der Waals surface area (Å²) in [4.78, 5) is 0. The van der Waals surface area contributed by atoms with Crippen LogP contribution in [0.25, 0.3) is 0 Å². The average Bonchev–Trinajstić information content (AvgIpc) is 2.89. The molecule has 2 aromatic rings. The zero-order chi connectivity index (χ0) is 11.9. The van der Waals surface area contributed by atoms with Crippen molar-refractivity contribution in [2.45, 2.75) is 31.2 Å². The number of aromatic amines is 1. The first kappa shape index (κ1) is 10.4. The van der Waals surface area contributed by atoms with E-state index in [-0.39, 0.29) is 0 Å².